The van der Waals surface area contributed by atoms with Crippen LogP contribution in [0.5, 0.6) is 0 Å². The Labute approximate surface area is 97.9 Å². The Morgan fingerprint density at radius 1 is 1.15 bits per heavy atom. The van der Waals surface area contributed by atoms with Crippen molar-refractivity contribution in [1.29, 1.82) is 0 Å². The first-order valence-corrected chi connectivity index (χ1v) is 5.52. The third-order valence-corrected chi connectivity index (χ3v) is 2.97. The molecule has 1 unspecified atom stereocenters. The lowest BCUT2D eigenvalue weighted by molar-refractivity contribution is 0.223. The van der Waals surface area contributed by atoms with E-state index < -0.39 is 9.04 Å². The zero-order valence-electron chi connectivity index (χ0n) is 7.22. The molecule has 0 saturated heterocycles. The van der Waals surface area contributed by atoms with Gasteiger partial charge in [-0.15, -0.1) is 0 Å². The highest BCUT2D eigenvalue weighted by Gasteiger charge is 2.47. The Morgan fingerprint density at radius 3 is 2.08 bits per heavy atom. The van der Waals surface area contributed by atoms with Crippen molar-refractivity contribution in [3.63, 3.8) is 0 Å². The monoisotopic (exact) mass is 269 g/mol. The van der Waals surface area contributed by atoms with Gasteiger partial charge in [0.15, 0.2) is 0 Å². The van der Waals surface area contributed by atoms with Crippen molar-refractivity contribution in [3.8, 4) is 0 Å². The van der Waals surface area contributed by atoms with Gasteiger partial charge in [-0.3, -0.25) is 5.32 Å². The van der Waals surface area contributed by atoms with E-state index in [1.54, 1.807) is 0 Å². The molecule has 13 heavy (non-hydrogen) atoms. The summed E-state index contributed by atoms with van der Waals surface area (Å²) in [6, 6.07) is 0. The molecular weight excluding hydrogens is 259 g/mol. The maximum absolute atomic E-state index is 13.3. The number of hydrogen-bond donors (Lipinski definition) is 1. The second-order valence-corrected chi connectivity index (χ2v) is 5.51. The van der Waals surface area contributed by atoms with E-state index >= 15 is 0 Å². The number of hydrogen-bond acceptors (Lipinski definition) is 1. The lowest BCUT2D eigenvalue weighted by Gasteiger charge is -2.26. The number of unbranched alkanes of at least 4 members (excludes halogenated alkanes) is 2. The van der Waals surface area contributed by atoms with Crippen LogP contribution < -0.4 is 5.32 Å². The van der Waals surface area contributed by atoms with Gasteiger partial charge in [0.05, 0.1) is 0 Å². The van der Waals surface area contributed by atoms with Gasteiger partial charge in [-0.25, -0.2) is 4.39 Å². The minimum atomic E-state index is -2.49. The molecule has 0 bridgehead atoms. The Kier molecular flexibility index (Phi) is 6.29. The van der Waals surface area contributed by atoms with E-state index in [1.165, 1.54) is 0 Å². The van der Waals surface area contributed by atoms with Gasteiger partial charge in [0.1, 0.15) is 0 Å². The Morgan fingerprint density at radius 2 is 1.69 bits per heavy atom. The summed E-state index contributed by atoms with van der Waals surface area (Å²) in [5, 5.41) is -0.158. The fourth-order valence-corrected chi connectivity index (χ4v) is 1.02. The third kappa shape index (κ3) is 5.48. The van der Waals surface area contributed by atoms with Crippen LogP contribution in [0.3, 0.4) is 0 Å². The number of nitrogens with one attached hydrogen (secondary N) is 1. The highest BCUT2D eigenvalue weighted by molar-refractivity contribution is 6.70. The summed E-state index contributed by atoms with van der Waals surface area (Å²) < 4.78 is 11.1. The number of alkyl halides is 5. The molecule has 0 fully saturated rings. The van der Waals surface area contributed by atoms with E-state index in [2.05, 4.69) is 5.32 Å². The molecule has 80 valence electrons. The predicted octanol–water partition coefficient (Wildman–Crippen LogP) is 4.00. The zero-order chi connectivity index (χ0) is 10.5. The van der Waals surface area contributed by atoms with Gasteiger partial charge in [-0.1, -0.05) is 66.2 Å². The standard InChI is InChI=1S/C7H12Cl4FN/c1-2-3-4-5-13-7(11,12)6(8,9)10/h13H,2-5H2,1H3. The maximum Gasteiger partial charge on any atom is 0.283 e. The molecule has 0 aromatic rings. The highest BCUT2D eigenvalue weighted by Crippen LogP contribution is 2.41. The summed E-state index contributed by atoms with van der Waals surface area (Å²) in [5.41, 5.74) is 0. The van der Waals surface area contributed by atoms with E-state index in [4.69, 9.17) is 46.4 Å². The van der Waals surface area contributed by atoms with E-state index in [9.17, 15) is 4.39 Å². The molecular formula is C7H12Cl4FN. The molecule has 0 heterocycles. The van der Waals surface area contributed by atoms with Crippen LogP contribution in [-0.4, -0.2) is 15.6 Å². The molecule has 1 nitrogen and oxygen atoms in total. The summed E-state index contributed by atoms with van der Waals surface area (Å²) in [4.78, 5) is 0. The first-order chi connectivity index (χ1) is 5.81. The molecule has 1 N–H and O–H groups in total. The number of halogens is 5. The summed E-state index contributed by atoms with van der Waals surface area (Å²) >= 11 is 21.2. The molecule has 1 atom stereocenters. The van der Waals surface area contributed by atoms with Crippen molar-refractivity contribution in [2.45, 2.75) is 35.2 Å². The number of rotatable bonds is 5. The van der Waals surface area contributed by atoms with Crippen molar-refractivity contribution in [2.24, 2.45) is 0 Å². The second-order valence-electron chi connectivity index (χ2n) is 2.71. The van der Waals surface area contributed by atoms with Crippen LogP contribution in [0.4, 0.5) is 4.39 Å². The van der Waals surface area contributed by atoms with Crippen molar-refractivity contribution < 1.29 is 4.39 Å². The molecule has 0 rings (SSSR count). The fourth-order valence-electron chi connectivity index (χ4n) is 0.721. The van der Waals surface area contributed by atoms with Gasteiger partial charge in [0.2, 0.25) is 0 Å². The minimum absolute atomic E-state index is 0.391. The SMILES string of the molecule is CCCCCNC(F)(Cl)C(Cl)(Cl)Cl. The highest BCUT2D eigenvalue weighted by atomic mass is 35.6. The summed E-state index contributed by atoms with van der Waals surface area (Å²) in [5.74, 6) is 0. The predicted molar refractivity (Wildman–Crippen MR) is 57.5 cm³/mol. The summed E-state index contributed by atoms with van der Waals surface area (Å²) in [6.45, 7) is 2.43. The maximum atomic E-state index is 13.3. The van der Waals surface area contributed by atoms with E-state index in [1.807, 2.05) is 6.92 Å². The van der Waals surface area contributed by atoms with Crippen molar-refractivity contribution >= 4 is 46.4 Å². The van der Waals surface area contributed by atoms with Gasteiger partial charge in [0.25, 0.3) is 9.04 Å². The molecule has 0 aliphatic heterocycles. The van der Waals surface area contributed by atoms with Gasteiger partial charge in [0, 0.05) is 0 Å². The fraction of sp³-hybridized carbons (Fsp3) is 1.00. The molecule has 6 heteroatoms. The Balaban J connectivity index is 3.77. The molecule has 0 aromatic heterocycles. The molecule has 0 saturated carbocycles. The molecule has 0 aliphatic rings. The largest absolute Gasteiger partial charge is 0.283 e. The third-order valence-electron chi connectivity index (χ3n) is 1.48. The Bertz CT molecular complexity index is 146. The van der Waals surface area contributed by atoms with Crippen LogP contribution >= 0.6 is 46.4 Å². The normalized spacial score (nSPS) is 17.1. The van der Waals surface area contributed by atoms with Crippen molar-refractivity contribution in [3.05, 3.63) is 0 Å². The van der Waals surface area contributed by atoms with E-state index in [0.717, 1.165) is 19.3 Å². The topological polar surface area (TPSA) is 12.0 Å². The van der Waals surface area contributed by atoms with Crippen LogP contribution in [0, 0.1) is 0 Å². The van der Waals surface area contributed by atoms with Gasteiger partial charge in [-0.05, 0) is 13.0 Å². The second kappa shape index (κ2) is 5.82. The van der Waals surface area contributed by atoms with Crippen molar-refractivity contribution in [2.75, 3.05) is 6.54 Å². The average Bonchev–Trinajstić information content (AvgIpc) is 1.96. The van der Waals surface area contributed by atoms with Crippen LogP contribution in [0.2, 0.25) is 0 Å². The van der Waals surface area contributed by atoms with Gasteiger partial charge < -0.3 is 0 Å². The average molecular weight is 271 g/mol. The molecule has 0 aromatic carbocycles. The quantitative estimate of drug-likeness (QED) is 0.452. The van der Waals surface area contributed by atoms with Gasteiger partial charge >= 0.3 is 0 Å². The van der Waals surface area contributed by atoms with Crippen LogP contribution in [0.25, 0.3) is 0 Å². The summed E-state index contributed by atoms with van der Waals surface area (Å²) in [6.07, 6.45) is 2.83. The Hall–Kier alpha value is 1.05. The zero-order valence-corrected chi connectivity index (χ0v) is 10.2. The van der Waals surface area contributed by atoms with Crippen LogP contribution in [-0.2, 0) is 0 Å². The van der Waals surface area contributed by atoms with E-state index in [-0.39, 0.29) is 0 Å². The molecule has 0 radical (unpaired) electrons. The summed E-state index contributed by atoms with van der Waals surface area (Å²) in [7, 11) is 0. The molecule has 0 spiro atoms. The van der Waals surface area contributed by atoms with Gasteiger partial charge in [-0.2, -0.15) is 0 Å². The lowest BCUT2D eigenvalue weighted by atomic mass is 10.2. The molecule has 0 aliphatic carbocycles. The van der Waals surface area contributed by atoms with Crippen molar-refractivity contribution in [1.82, 2.24) is 5.32 Å². The van der Waals surface area contributed by atoms with Crippen LogP contribution in [0.1, 0.15) is 26.2 Å². The molecule has 0 amide bonds. The van der Waals surface area contributed by atoms with Crippen LogP contribution in [0.15, 0.2) is 0 Å². The smallest absolute Gasteiger partial charge is 0.269 e. The first kappa shape index (κ1) is 14.1. The minimum Gasteiger partial charge on any atom is -0.269 e. The first-order valence-electron chi connectivity index (χ1n) is 4.01. The lowest BCUT2D eigenvalue weighted by Crippen LogP contribution is -2.46. The van der Waals surface area contributed by atoms with E-state index in [0.29, 0.717) is 6.54 Å².